The van der Waals surface area contributed by atoms with Gasteiger partial charge in [0.15, 0.2) is 0 Å². The average molecular weight is 169 g/mol. The van der Waals surface area contributed by atoms with Crippen molar-refractivity contribution < 1.29 is 0 Å². The van der Waals surface area contributed by atoms with Crippen molar-refractivity contribution in [3.05, 3.63) is 21.6 Å². The summed E-state index contributed by atoms with van der Waals surface area (Å²) in [6.07, 6.45) is 0. The molecular formula is C6H11N5O. The lowest BCUT2D eigenvalue weighted by atomic mass is 10.3. The van der Waals surface area contributed by atoms with E-state index in [2.05, 4.69) is 10.4 Å². The van der Waals surface area contributed by atoms with Gasteiger partial charge in [-0.2, -0.15) is 4.68 Å². The molecule has 0 aliphatic rings. The predicted molar refractivity (Wildman–Crippen MR) is 45.9 cm³/mol. The monoisotopic (exact) mass is 169 g/mol. The van der Waals surface area contributed by atoms with E-state index < -0.39 is 0 Å². The van der Waals surface area contributed by atoms with Crippen molar-refractivity contribution in [3.63, 3.8) is 0 Å². The summed E-state index contributed by atoms with van der Waals surface area (Å²) in [7, 11) is 0. The molecule has 0 bridgehead atoms. The zero-order valence-electron chi connectivity index (χ0n) is 6.96. The van der Waals surface area contributed by atoms with Crippen LogP contribution in [0.15, 0.2) is 4.79 Å². The predicted octanol–water partition coefficient (Wildman–Crippen LogP) is -1.14. The van der Waals surface area contributed by atoms with Crippen LogP contribution >= 0.6 is 0 Å². The van der Waals surface area contributed by atoms with Gasteiger partial charge in [-0.15, -0.1) is 0 Å². The minimum Gasteiger partial charge on any atom is -0.333 e. The molecule has 0 saturated heterocycles. The maximum Gasteiger partial charge on any atom is 0.276 e. The summed E-state index contributed by atoms with van der Waals surface area (Å²) in [5.74, 6) is 10.6. The molecule has 1 aromatic rings. The Morgan fingerprint density at radius 1 is 1.50 bits per heavy atom. The smallest absolute Gasteiger partial charge is 0.276 e. The maximum atomic E-state index is 11.3. The van der Waals surface area contributed by atoms with E-state index >= 15 is 0 Å². The average Bonchev–Trinajstić information content (AvgIpc) is 2.08. The number of nitrogens with two attached hydrogens (primary N) is 2. The van der Waals surface area contributed by atoms with Crippen LogP contribution in [0.25, 0.3) is 0 Å². The van der Waals surface area contributed by atoms with Gasteiger partial charge in [-0.05, 0) is 13.8 Å². The Hall–Kier alpha value is -1.56. The van der Waals surface area contributed by atoms with Crippen LogP contribution in [0.4, 0.5) is 5.95 Å². The van der Waals surface area contributed by atoms with Gasteiger partial charge in [0.2, 0.25) is 5.95 Å². The standard InChI is InChI=1S/C6H11N5O/c1-3-4(2)9-6(10-7)11(8)5(3)12/h7-8H2,1-2H3,(H,9,10). The number of nitrogens with one attached hydrogen (secondary N) is 1. The fraction of sp³-hybridized carbons (Fsp3) is 0.333. The van der Waals surface area contributed by atoms with Gasteiger partial charge in [-0.3, -0.25) is 10.2 Å². The molecule has 6 heteroatoms. The molecule has 0 fully saturated rings. The second kappa shape index (κ2) is 2.82. The first-order chi connectivity index (χ1) is 5.57. The molecule has 0 aromatic carbocycles. The van der Waals surface area contributed by atoms with Gasteiger partial charge >= 0.3 is 0 Å². The molecule has 0 aliphatic heterocycles. The number of hydrazine groups is 1. The van der Waals surface area contributed by atoms with E-state index in [1.807, 2.05) is 0 Å². The summed E-state index contributed by atoms with van der Waals surface area (Å²) < 4.78 is 0.877. The fourth-order valence-electron chi connectivity index (χ4n) is 0.830. The summed E-state index contributed by atoms with van der Waals surface area (Å²) in [5, 5.41) is 0. The molecule has 5 N–H and O–H groups in total. The summed E-state index contributed by atoms with van der Waals surface area (Å²) in [6, 6.07) is 0. The third-order valence-electron chi connectivity index (χ3n) is 1.71. The van der Waals surface area contributed by atoms with Crippen LogP contribution in [0.2, 0.25) is 0 Å². The molecule has 0 atom stereocenters. The normalized spacial score (nSPS) is 9.92. The van der Waals surface area contributed by atoms with Gasteiger partial charge in [0.25, 0.3) is 5.56 Å². The highest BCUT2D eigenvalue weighted by molar-refractivity contribution is 5.29. The number of nitrogens with zero attached hydrogens (tertiary/aromatic N) is 2. The van der Waals surface area contributed by atoms with Gasteiger partial charge in [-0.25, -0.2) is 10.8 Å². The molecule has 0 spiro atoms. The van der Waals surface area contributed by atoms with Crippen molar-refractivity contribution in [2.24, 2.45) is 5.84 Å². The minimum absolute atomic E-state index is 0.156. The zero-order valence-corrected chi connectivity index (χ0v) is 6.96. The number of aromatic nitrogens is 2. The zero-order chi connectivity index (χ0) is 9.30. The summed E-state index contributed by atoms with van der Waals surface area (Å²) in [6.45, 7) is 3.38. The molecule has 0 amide bonds. The van der Waals surface area contributed by atoms with Crippen LogP contribution in [-0.4, -0.2) is 9.66 Å². The number of aryl methyl sites for hydroxylation is 1. The molecule has 0 saturated carbocycles. The third kappa shape index (κ3) is 1.12. The highest BCUT2D eigenvalue weighted by Gasteiger charge is 2.06. The molecule has 1 heterocycles. The van der Waals surface area contributed by atoms with Gasteiger partial charge in [-0.1, -0.05) is 0 Å². The molecule has 12 heavy (non-hydrogen) atoms. The Morgan fingerprint density at radius 2 is 2.08 bits per heavy atom. The van der Waals surface area contributed by atoms with E-state index in [-0.39, 0.29) is 11.5 Å². The van der Waals surface area contributed by atoms with Crippen LogP contribution in [0.1, 0.15) is 11.3 Å². The molecule has 66 valence electrons. The van der Waals surface area contributed by atoms with Gasteiger partial charge < -0.3 is 5.84 Å². The summed E-state index contributed by atoms with van der Waals surface area (Å²) >= 11 is 0. The second-order valence-corrected chi connectivity index (χ2v) is 2.47. The first kappa shape index (κ1) is 8.54. The van der Waals surface area contributed by atoms with Gasteiger partial charge in [0.05, 0.1) is 0 Å². The number of anilines is 1. The molecule has 0 unspecified atom stereocenters. The SMILES string of the molecule is Cc1nc(NN)n(N)c(=O)c1C. The summed E-state index contributed by atoms with van der Waals surface area (Å²) in [5.41, 5.74) is 3.08. The molecule has 0 aliphatic carbocycles. The van der Waals surface area contributed by atoms with Crippen LogP contribution in [0, 0.1) is 13.8 Å². The highest BCUT2D eigenvalue weighted by Crippen LogP contribution is 2.00. The van der Waals surface area contributed by atoms with Crippen LogP contribution in [0.3, 0.4) is 0 Å². The van der Waals surface area contributed by atoms with E-state index in [1.54, 1.807) is 13.8 Å². The van der Waals surface area contributed by atoms with Crippen molar-refractivity contribution in [2.45, 2.75) is 13.8 Å². The number of nitrogen functional groups attached to an aromatic ring is 2. The van der Waals surface area contributed by atoms with Crippen LogP contribution in [-0.2, 0) is 0 Å². The molecule has 1 rings (SSSR count). The fourth-order valence-corrected chi connectivity index (χ4v) is 0.830. The number of hydrogen-bond donors (Lipinski definition) is 3. The largest absolute Gasteiger partial charge is 0.333 e. The number of rotatable bonds is 1. The number of hydrogen-bond acceptors (Lipinski definition) is 5. The van der Waals surface area contributed by atoms with E-state index in [0.29, 0.717) is 11.3 Å². The van der Waals surface area contributed by atoms with Crippen molar-refractivity contribution in [3.8, 4) is 0 Å². The quantitative estimate of drug-likeness (QED) is 0.364. The Balaban J connectivity index is 3.50. The van der Waals surface area contributed by atoms with E-state index in [1.165, 1.54) is 0 Å². The minimum atomic E-state index is -0.296. The highest BCUT2D eigenvalue weighted by atomic mass is 16.1. The van der Waals surface area contributed by atoms with E-state index in [9.17, 15) is 4.79 Å². The molecular weight excluding hydrogens is 158 g/mol. The van der Waals surface area contributed by atoms with Gasteiger partial charge in [0.1, 0.15) is 0 Å². The summed E-state index contributed by atoms with van der Waals surface area (Å²) in [4.78, 5) is 15.2. The van der Waals surface area contributed by atoms with Crippen molar-refractivity contribution in [2.75, 3.05) is 11.3 Å². The van der Waals surface area contributed by atoms with Crippen molar-refractivity contribution in [1.82, 2.24) is 9.66 Å². The molecule has 0 radical (unpaired) electrons. The van der Waals surface area contributed by atoms with E-state index in [4.69, 9.17) is 11.7 Å². The van der Waals surface area contributed by atoms with Crippen LogP contribution < -0.4 is 22.7 Å². The lowest BCUT2D eigenvalue weighted by Gasteiger charge is -2.07. The van der Waals surface area contributed by atoms with Gasteiger partial charge in [0, 0.05) is 11.3 Å². The van der Waals surface area contributed by atoms with Crippen molar-refractivity contribution >= 4 is 5.95 Å². The Bertz CT molecular complexity index is 356. The molecule has 6 nitrogen and oxygen atoms in total. The third-order valence-corrected chi connectivity index (χ3v) is 1.71. The van der Waals surface area contributed by atoms with Crippen LogP contribution in [0.5, 0.6) is 0 Å². The Kier molecular flexibility index (Phi) is 2.01. The van der Waals surface area contributed by atoms with Crippen molar-refractivity contribution in [1.29, 1.82) is 0 Å². The molecule has 1 aromatic heterocycles. The Labute approximate surface area is 69.1 Å². The first-order valence-electron chi connectivity index (χ1n) is 3.40. The first-order valence-corrected chi connectivity index (χ1v) is 3.40. The second-order valence-electron chi connectivity index (χ2n) is 2.47. The maximum absolute atomic E-state index is 11.3. The Morgan fingerprint density at radius 3 is 2.58 bits per heavy atom. The topological polar surface area (TPSA) is 99.0 Å². The van der Waals surface area contributed by atoms with E-state index in [0.717, 1.165) is 4.68 Å². The lowest BCUT2D eigenvalue weighted by molar-refractivity contribution is 0.857. The lowest BCUT2D eigenvalue weighted by Crippen LogP contribution is -2.34.